The number of aryl methyl sites for hydroxylation is 2. The van der Waals surface area contributed by atoms with E-state index in [0.717, 1.165) is 6.42 Å². The zero-order valence-electron chi connectivity index (χ0n) is 23.2. The Bertz CT molecular complexity index is 1720. The van der Waals surface area contributed by atoms with Crippen molar-refractivity contribution < 1.29 is 0 Å². The number of rotatable bonds is 5. The van der Waals surface area contributed by atoms with Crippen molar-refractivity contribution in [1.29, 1.82) is 0 Å². The van der Waals surface area contributed by atoms with Crippen molar-refractivity contribution in [1.82, 2.24) is 0 Å². The number of thiophene rings is 1. The van der Waals surface area contributed by atoms with E-state index in [4.69, 9.17) is 0 Å². The molecule has 3 aromatic rings. The van der Waals surface area contributed by atoms with Gasteiger partial charge in [-0.3, -0.25) is 0 Å². The maximum Gasteiger partial charge on any atom is 0.0598 e. The number of allylic oxidation sites excluding steroid dienone is 12. The van der Waals surface area contributed by atoms with Crippen LogP contribution in [0.3, 0.4) is 0 Å². The molecule has 1 nitrogen and oxygen atoms in total. The minimum atomic E-state index is 0.358. The molecule has 0 unspecified atom stereocenters. The average Bonchev–Trinajstić information content (AvgIpc) is 3.67. The normalized spacial score (nSPS) is 22.6. The first-order valence-corrected chi connectivity index (χ1v) is 15.9. The van der Waals surface area contributed by atoms with Gasteiger partial charge in [0.2, 0.25) is 0 Å². The summed E-state index contributed by atoms with van der Waals surface area (Å²) in [5, 5.41) is 2.59. The van der Waals surface area contributed by atoms with E-state index >= 15 is 0 Å². The SMILES string of the molecule is C=C/C=C\C(=C/C)C1=CC=C[C@H]2c3cccc(N4C5=CC=CC[C@@H]5c5ccc(C)c(-c6sccc6C)c54)c3S[C@@H]12. The number of fused-ring (bicyclic) bond motifs is 6. The smallest absolute Gasteiger partial charge is 0.0598 e. The van der Waals surface area contributed by atoms with Crippen LogP contribution >= 0.6 is 23.1 Å². The number of anilines is 2. The highest BCUT2D eigenvalue weighted by atomic mass is 32.2. The molecule has 4 aliphatic rings. The molecular weight excluding hydrogens is 523 g/mol. The summed E-state index contributed by atoms with van der Waals surface area (Å²) in [5.41, 5.74) is 13.8. The lowest BCUT2D eigenvalue weighted by atomic mass is 9.84. The van der Waals surface area contributed by atoms with E-state index in [1.54, 1.807) is 0 Å². The summed E-state index contributed by atoms with van der Waals surface area (Å²) < 4.78 is 0. The molecule has 2 aromatic carbocycles. The molecule has 0 fully saturated rings. The van der Waals surface area contributed by atoms with Crippen LogP contribution in [0, 0.1) is 13.8 Å². The van der Waals surface area contributed by atoms with E-state index in [0.29, 0.717) is 17.1 Å². The number of nitrogens with zero attached hydrogens (tertiary/aromatic N) is 1. The van der Waals surface area contributed by atoms with Gasteiger partial charge in [-0.05, 0) is 84.2 Å². The number of thioether (sulfide) groups is 1. The fraction of sp³-hybridized carbons (Fsp3) is 0.189. The topological polar surface area (TPSA) is 3.24 Å². The predicted octanol–water partition coefficient (Wildman–Crippen LogP) is 10.9. The Labute approximate surface area is 246 Å². The Kier molecular flexibility index (Phi) is 6.45. The van der Waals surface area contributed by atoms with Crippen LogP contribution < -0.4 is 4.90 Å². The van der Waals surface area contributed by atoms with Crippen molar-refractivity contribution >= 4 is 34.5 Å². The van der Waals surface area contributed by atoms with Gasteiger partial charge in [-0.15, -0.1) is 23.1 Å². The quantitative estimate of drug-likeness (QED) is 0.288. The van der Waals surface area contributed by atoms with E-state index in [-0.39, 0.29) is 0 Å². The molecule has 0 radical (unpaired) electrons. The zero-order chi connectivity index (χ0) is 27.4. The average molecular weight is 556 g/mol. The van der Waals surface area contributed by atoms with Crippen LogP contribution in [0.4, 0.5) is 11.4 Å². The van der Waals surface area contributed by atoms with Gasteiger partial charge in [-0.1, -0.05) is 85.5 Å². The molecule has 0 amide bonds. The van der Waals surface area contributed by atoms with Gasteiger partial charge >= 0.3 is 0 Å². The summed E-state index contributed by atoms with van der Waals surface area (Å²) in [6.07, 6.45) is 23.2. The molecule has 0 N–H and O–H groups in total. The van der Waals surface area contributed by atoms with Gasteiger partial charge in [0.05, 0.1) is 11.4 Å². The lowest BCUT2D eigenvalue weighted by Crippen LogP contribution is -2.16. The molecular formula is C37H33NS2. The lowest BCUT2D eigenvalue weighted by molar-refractivity contribution is 0.816. The highest BCUT2D eigenvalue weighted by molar-refractivity contribution is 8.00. The third-order valence-electron chi connectivity index (χ3n) is 8.65. The Morgan fingerprint density at radius 2 is 1.93 bits per heavy atom. The van der Waals surface area contributed by atoms with Crippen molar-refractivity contribution in [2.75, 3.05) is 4.90 Å². The first-order valence-electron chi connectivity index (χ1n) is 14.1. The van der Waals surface area contributed by atoms with Crippen molar-refractivity contribution in [3.8, 4) is 10.4 Å². The van der Waals surface area contributed by atoms with E-state index in [2.05, 4.69) is 123 Å². The third kappa shape index (κ3) is 3.83. The Hall–Kier alpha value is -3.53. The molecule has 198 valence electrons. The second-order valence-corrected chi connectivity index (χ2v) is 12.9. The molecule has 0 spiro atoms. The molecule has 7 rings (SSSR count). The first-order chi connectivity index (χ1) is 19.6. The summed E-state index contributed by atoms with van der Waals surface area (Å²) in [7, 11) is 0. The van der Waals surface area contributed by atoms with E-state index in [9.17, 15) is 0 Å². The minimum absolute atomic E-state index is 0.358. The van der Waals surface area contributed by atoms with Crippen LogP contribution in [0.15, 0.2) is 131 Å². The summed E-state index contributed by atoms with van der Waals surface area (Å²) in [6.45, 7) is 10.5. The van der Waals surface area contributed by atoms with Crippen molar-refractivity contribution in [2.24, 2.45) is 0 Å². The van der Waals surface area contributed by atoms with Gasteiger partial charge in [0, 0.05) is 38.1 Å². The largest absolute Gasteiger partial charge is 0.311 e. The molecule has 1 aromatic heterocycles. The molecule has 3 heteroatoms. The van der Waals surface area contributed by atoms with Crippen LogP contribution in [0.25, 0.3) is 10.4 Å². The van der Waals surface area contributed by atoms with Gasteiger partial charge in [0.25, 0.3) is 0 Å². The Balaban J connectivity index is 1.41. The molecule has 2 aliphatic heterocycles. The maximum absolute atomic E-state index is 3.89. The van der Waals surface area contributed by atoms with Gasteiger partial charge in [0.1, 0.15) is 0 Å². The predicted molar refractivity (Wildman–Crippen MR) is 175 cm³/mol. The fourth-order valence-corrected chi connectivity index (χ4v) is 9.41. The van der Waals surface area contributed by atoms with Gasteiger partial charge in [0.15, 0.2) is 0 Å². The second kappa shape index (κ2) is 10.1. The highest BCUT2D eigenvalue weighted by Gasteiger charge is 2.42. The van der Waals surface area contributed by atoms with E-state index in [1.807, 2.05) is 35.3 Å². The van der Waals surface area contributed by atoms with Gasteiger partial charge < -0.3 is 4.90 Å². The van der Waals surface area contributed by atoms with Gasteiger partial charge in [-0.2, -0.15) is 0 Å². The molecule has 3 atom stereocenters. The first kappa shape index (κ1) is 25.4. The highest BCUT2D eigenvalue weighted by Crippen LogP contribution is 2.61. The summed E-state index contributed by atoms with van der Waals surface area (Å²) in [6, 6.07) is 14.0. The van der Waals surface area contributed by atoms with E-state index < -0.39 is 0 Å². The lowest BCUT2D eigenvalue weighted by Gasteiger charge is -2.28. The van der Waals surface area contributed by atoms with Crippen molar-refractivity contribution in [3.63, 3.8) is 0 Å². The molecule has 40 heavy (non-hydrogen) atoms. The Morgan fingerprint density at radius 3 is 2.73 bits per heavy atom. The van der Waals surface area contributed by atoms with Crippen molar-refractivity contribution in [3.05, 3.63) is 148 Å². The maximum atomic E-state index is 3.89. The molecule has 0 saturated heterocycles. The Morgan fingerprint density at radius 1 is 1.02 bits per heavy atom. The van der Waals surface area contributed by atoms with Crippen molar-refractivity contribution in [2.45, 2.75) is 49.2 Å². The van der Waals surface area contributed by atoms with Crippen LogP contribution in [0.1, 0.15) is 47.4 Å². The molecule has 2 aliphatic carbocycles. The standard InChI is InChI=1S/C37H33NS2/c1-5-7-12-25(6-2)26-14-10-15-29-30-16-11-18-32(37(30)40-36(26)29)38-31-17-9-8-13-27(31)28-20-19-23(3)33(34(28)38)35-24(4)21-22-39-35/h5-12,14-22,27,29,36H,1,13H2,2-4H3/b12-7-,25-6+/t27-,29+,36+/m1/s1. The van der Waals surface area contributed by atoms with Gasteiger partial charge in [-0.25, -0.2) is 0 Å². The fourth-order valence-electron chi connectivity index (χ4n) is 6.77. The molecule has 0 bridgehead atoms. The number of benzene rings is 2. The summed E-state index contributed by atoms with van der Waals surface area (Å²) in [4.78, 5) is 5.42. The number of hydrogen-bond acceptors (Lipinski definition) is 3. The van der Waals surface area contributed by atoms with Crippen LogP contribution in [0.2, 0.25) is 0 Å². The van der Waals surface area contributed by atoms with Crippen LogP contribution in [-0.2, 0) is 0 Å². The third-order valence-corrected chi connectivity index (χ3v) is 11.2. The second-order valence-electron chi connectivity index (χ2n) is 10.9. The monoisotopic (exact) mass is 555 g/mol. The summed E-state index contributed by atoms with van der Waals surface area (Å²) in [5.74, 6) is 0.750. The van der Waals surface area contributed by atoms with Crippen LogP contribution in [-0.4, -0.2) is 5.25 Å². The van der Waals surface area contributed by atoms with E-state index in [1.165, 1.54) is 65.8 Å². The van der Waals surface area contributed by atoms with Crippen LogP contribution in [0.5, 0.6) is 0 Å². The zero-order valence-corrected chi connectivity index (χ0v) is 24.9. The molecule has 0 saturated carbocycles. The molecule has 3 heterocycles. The minimum Gasteiger partial charge on any atom is -0.311 e. The summed E-state index contributed by atoms with van der Waals surface area (Å²) >= 11 is 3.90. The number of hydrogen-bond donors (Lipinski definition) is 0.